The Labute approximate surface area is 155 Å². The monoisotopic (exact) mass is 370 g/mol. The molecule has 0 spiro atoms. The van der Waals surface area contributed by atoms with Gasteiger partial charge in [-0.1, -0.05) is 12.1 Å². The number of halogens is 1. The summed E-state index contributed by atoms with van der Waals surface area (Å²) >= 11 is 0. The highest BCUT2D eigenvalue weighted by Crippen LogP contribution is 2.18. The van der Waals surface area contributed by atoms with Crippen molar-refractivity contribution < 1.29 is 23.1 Å². The summed E-state index contributed by atoms with van der Waals surface area (Å²) in [6.45, 7) is 1.89. The molecule has 0 fully saturated rings. The van der Waals surface area contributed by atoms with Crippen molar-refractivity contribution in [2.24, 2.45) is 0 Å². The van der Waals surface area contributed by atoms with Crippen LogP contribution >= 0.6 is 0 Å². The summed E-state index contributed by atoms with van der Waals surface area (Å²) in [5.74, 6) is 0.935. The number of carbonyl (C=O) groups excluding carboxylic acids is 1. The molecule has 1 heterocycles. The van der Waals surface area contributed by atoms with E-state index in [4.69, 9.17) is 13.9 Å². The van der Waals surface area contributed by atoms with Crippen LogP contribution in [0.1, 0.15) is 34.9 Å². The number of carbonyl (C=O) groups is 1. The van der Waals surface area contributed by atoms with Gasteiger partial charge in [-0.3, -0.25) is 4.79 Å². The third-order valence-corrected chi connectivity index (χ3v) is 3.92. The molecule has 1 amide bonds. The Morgan fingerprint density at radius 3 is 2.48 bits per heavy atom. The molecule has 140 valence electrons. The summed E-state index contributed by atoms with van der Waals surface area (Å²) in [6.07, 6.45) is 1.28. The summed E-state index contributed by atoms with van der Waals surface area (Å²) < 4.78 is 28.9. The van der Waals surface area contributed by atoms with E-state index >= 15 is 0 Å². The van der Waals surface area contributed by atoms with Crippen LogP contribution in [0.5, 0.6) is 11.5 Å². The molecular formula is C20H19FN2O4. The molecular weight excluding hydrogens is 351 g/mol. The van der Waals surface area contributed by atoms with Crippen LogP contribution in [0.15, 0.2) is 59.2 Å². The summed E-state index contributed by atoms with van der Waals surface area (Å²) in [4.78, 5) is 16.4. The van der Waals surface area contributed by atoms with E-state index in [0.717, 1.165) is 11.3 Å². The minimum Gasteiger partial charge on any atom is -0.497 e. The van der Waals surface area contributed by atoms with Gasteiger partial charge in [0.05, 0.1) is 13.2 Å². The molecule has 6 nitrogen and oxygen atoms in total. The van der Waals surface area contributed by atoms with Gasteiger partial charge in [0.1, 0.15) is 23.6 Å². The number of nitrogens with one attached hydrogen (secondary N) is 1. The molecule has 3 rings (SSSR count). The zero-order valence-corrected chi connectivity index (χ0v) is 14.9. The summed E-state index contributed by atoms with van der Waals surface area (Å²) in [6, 6.07) is 12.7. The van der Waals surface area contributed by atoms with Crippen molar-refractivity contribution >= 4 is 5.91 Å². The fraction of sp³-hybridized carbons (Fsp3) is 0.200. The van der Waals surface area contributed by atoms with Crippen LogP contribution in [-0.4, -0.2) is 18.0 Å². The Morgan fingerprint density at radius 2 is 1.81 bits per heavy atom. The van der Waals surface area contributed by atoms with Crippen molar-refractivity contribution in [2.75, 3.05) is 7.11 Å². The first-order chi connectivity index (χ1) is 13.0. The Hall–Kier alpha value is -3.35. The van der Waals surface area contributed by atoms with Gasteiger partial charge in [0.2, 0.25) is 5.89 Å². The molecule has 0 radical (unpaired) electrons. The second kappa shape index (κ2) is 8.35. The van der Waals surface area contributed by atoms with Gasteiger partial charge in [0.15, 0.2) is 12.3 Å². The standard InChI is InChI=1S/C20H19FN2O4/c1-13(14-3-5-15(21)6-4-14)22-20(24)18-11-27-19(23-18)12-26-17-9-7-16(25-2)8-10-17/h3-11,13H,12H2,1-2H3,(H,22,24). The maximum absolute atomic E-state index is 13.0. The van der Waals surface area contributed by atoms with Crippen LogP contribution in [0.25, 0.3) is 0 Å². The Morgan fingerprint density at radius 1 is 1.15 bits per heavy atom. The number of aromatic nitrogens is 1. The molecule has 3 aromatic rings. The molecule has 1 N–H and O–H groups in total. The SMILES string of the molecule is COc1ccc(OCc2nc(C(=O)NC(C)c3ccc(F)cc3)co2)cc1. The van der Waals surface area contributed by atoms with E-state index in [0.29, 0.717) is 5.75 Å². The Balaban J connectivity index is 1.55. The maximum atomic E-state index is 13.0. The molecule has 1 aromatic heterocycles. The number of hydrogen-bond donors (Lipinski definition) is 1. The second-order valence-electron chi connectivity index (χ2n) is 5.84. The Kier molecular flexibility index (Phi) is 5.71. The van der Waals surface area contributed by atoms with Gasteiger partial charge >= 0.3 is 0 Å². The lowest BCUT2D eigenvalue weighted by molar-refractivity contribution is 0.0934. The molecule has 1 unspecified atom stereocenters. The van der Waals surface area contributed by atoms with Crippen LogP contribution in [0, 0.1) is 5.82 Å². The summed E-state index contributed by atoms with van der Waals surface area (Å²) in [5.41, 5.74) is 0.939. The van der Waals surface area contributed by atoms with Gasteiger partial charge in [-0.15, -0.1) is 0 Å². The normalized spacial score (nSPS) is 11.7. The van der Waals surface area contributed by atoms with E-state index in [9.17, 15) is 9.18 Å². The van der Waals surface area contributed by atoms with Gasteiger partial charge in [-0.05, 0) is 48.9 Å². The molecule has 0 bridgehead atoms. The highest BCUT2D eigenvalue weighted by molar-refractivity contribution is 5.92. The van der Waals surface area contributed by atoms with Crippen molar-refractivity contribution in [1.29, 1.82) is 0 Å². The second-order valence-corrected chi connectivity index (χ2v) is 5.84. The topological polar surface area (TPSA) is 73.6 Å². The first kappa shape index (κ1) is 18.4. The number of hydrogen-bond acceptors (Lipinski definition) is 5. The van der Waals surface area contributed by atoms with Crippen molar-refractivity contribution in [3.63, 3.8) is 0 Å². The molecule has 1 atom stereocenters. The van der Waals surface area contributed by atoms with Gasteiger partial charge in [0, 0.05) is 0 Å². The number of benzene rings is 2. The average molecular weight is 370 g/mol. The van der Waals surface area contributed by atoms with Crippen LogP contribution in [0.4, 0.5) is 4.39 Å². The predicted octanol–water partition coefficient (Wildman–Crippen LogP) is 3.89. The molecule has 27 heavy (non-hydrogen) atoms. The summed E-state index contributed by atoms with van der Waals surface area (Å²) in [7, 11) is 1.59. The number of nitrogens with zero attached hydrogens (tertiary/aromatic N) is 1. The average Bonchev–Trinajstić information content (AvgIpc) is 3.16. The lowest BCUT2D eigenvalue weighted by Gasteiger charge is -2.13. The minimum atomic E-state index is -0.383. The van der Waals surface area contributed by atoms with E-state index in [1.807, 2.05) is 0 Å². The molecule has 0 aliphatic rings. The van der Waals surface area contributed by atoms with Crippen molar-refractivity contribution in [3.8, 4) is 11.5 Å². The molecule has 0 aliphatic heterocycles. The smallest absolute Gasteiger partial charge is 0.273 e. The van der Waals surface area contributed by atoms with Crippen molar-refractivity contribution in [3.05, 3.63) is 77.8 Å². The molecule has 7 heteroatoms. The van der Waals surface area contributed by atoms with Crippen LogP contribution in [0.2, 0.25) is 0 Å². The predicted molar refractivity (Wildman–Crippen MR) is 96.1 cm³/mol. The van der Waals surface area contributed by atoms with Gasteiger partial charge in [0.25, 0.3) is 5.91 Å². The van der Waals surface area contributed by atoms with E-state index in [1.54, 1.807) is 50.4 Å². The van der Waals surface area contributed by atoms with Gasteiger partial charge < -0.3 is 19.2 Å². The first-order valence-electron chi connectivity index (χ1n) is 8.32. The highest BCUT2D eigenvalue weighted by Gasteiger charge is 2.16. The lowest BCUT2D eigenvalue weighted by Crippen LogP contribution is -2.27. The van der Waals surface area contributed by atoms with Crippen LogP contribution in [0.3, 0.4) is 0 Å². The summed E-state index contributed by atoms with van der Waals surface area (Å²) in [5, 5.41) is 2.79. The third-order valence-electron chi connectivity index (χ3n) is 3.92. The van der Waals surface area contributed by atoms with Crippen molar-refractivity contribution in [1.82, 2.24) is 10.3 Å². The fourth-order valence-corrected chi connectivity index (χ4v) is 2.40. The van der Waals surface area contributed by atoms with Crippen LogP contribution < -0.4 is 14.8 Å². The molecule has 0 saturated heterocycles. The molecule has 0 saturated carbocycles. The van der Waals surface area contributed by atoms with Gasteiger partial charge in [-0.2, -0.15) is 0 Å². The molecule has 2 aromatic carbocycles. The fourth-order valence-electron chi connectivity index (χ4n) is 2.40. The Bertz CT molecular complexity index is 891. The highest BCUT2D eigenvalue weighted by atomic mass is 19.1. The lowest BCUT2D eigenvalue weighted by atomic mass is 10.1. The number of methoxy groups -OCH3 is 1. The zero-order valence-electron chi connectivity index (χ0n) is 14.9. The third kappa shape index (κ3) is 4.84. The largest absolute Gasteiger partial charge is 0.497 e. The maximum Gasteiger partial charge on any atom is 0.273 e. The van der Waals surface area contributed by atoms with E-state index in [-0.39, 0.29) is 36.0 Å². The quantitative estimate of drug-likeness (QED) is 0.683. The van der Waals surface area contributed by atoms with E-state index < -0.39 is 0 Å². The zero-order chi connectivity index (χ0) is 19.2. The van der Waals surface area contributed by atoms with Gasteiger partial charge in [-0.25, -0.2) is 9.37 Å². The molecule has 0 aliphatic carbocycles. The number of oxazole rings is 1. The number of amides is 1. The number of ether oxygens (including phenoxy) is 2. The first-order valence-corrected chi connectivity index (χ1v) is 8.32. The van der Waals surface area contributed by atoms with E-state index in [1.165, 1.54) is 18.4 Å². The van der Waals surface area contributed by atoms with E-state index in [2.05, 4.69) is 10.3 Å². The van der Waals surface area contributed by atoms with Crippen LogP contribution in [-0.2, 0) is 6.61 Å². The number of rotatable bonds is 7. The van der Waals surface area contributed by atoms with Crippen molar-refractivity contribution in [2.45, 2.75) is 19.6 Å². The minimum absolute atomic E-state index is 0.0904.